The van der Waals surface area contributed by atoms with E-state index in [1.165, 1.54) is 0 Å². The molecule has 1 spiro atoms. The molecule has 1 aromatic rings. The van der Waals surface area contributed by atoms with Gasteiger partial charge in [0.1, 0.15) is 5.54 Å². The van der Waals surface area contributed by atoms with Crippen LogP contribution in [0.15, 0.2) is 30.3 Å². The highest BCUT2D eigenvalue weighted by molar-refractivity contribution is 6.07. The summed E-state index contributed by atoms with van der Waals surface area (Å²) in [5.41, 5.74) is 0.417. The zero-order valence-electron chi connectivity index (χ0n) is 9.40. The minimum atomic E-state index is -0.710. The zero-order valence-corrected chi connectivity index (χ0v) is 9.40. The summed E-state index contributed by atoms with van der Waals surface area (Å²) < 4.78 is 0. The Morgan fingerprint density at radius 1 is 1.18 bits per heavy atom. The van der Waals surface area contributed by atoms with Gasteiger partial charge in [0, 0.05) is 5.92 Å². The molecule has 88 valence electrons. The molecule has 0 aromatic heterocycles. The maximum atomic E-state index is 12.0. The van der Waals surface area contributed by atoms with Gasteiger partial charge >= 0.3 is 6.03 Å². The standard InChI is InChI=1S/C13H14N2O2/c16-11-13(15-12(17)14-11)8-4-7-10(13)9-5-2-1-3-6-9/h1-3,5-6,10H,4,7-8H2,(H2,14,15,16,17)/t10-,13?/m1/s1. The summed E-state index contributed by atoms with van der Waals surface area (Å²) in [6.45, 7) is 0. The molecule has 4 heteroatoms. The minimum Gasteiger partial charge on any atom is -0.323 e. The van der Waals surface area contributed by atoms with Gasteiger partial charge in [0.25, 0.3) is 5.91 Å². The van der Waals surface area contributed by atoms with Crippen molar-refractivity contribution in [1.29, 1.82) is 0 Å². The normalized spacial score (nSPS) is 31.6. The summed E-state index contributed by atoms with van der Waals surface area (Å²) in [6.07, 6.45) is 2.63. The Balaban J connectivity index is 2.00. The number of amides is 3. The van der Waals surface area contributed by atoms with E-state index in [9.17, 15) is 9.59 Å². The summed E-state index contributed by atoms with van der Waals surface area (Å²) in [6, 6.07) is 9.58. The molecule has 1 unspecified atom stereocenters. The third-order valence-corrected chi connectivity index (χ3v) is 3.83. The van der Waals surface area contributed by atoms with E-state index in [-0.39, 0.29) is 17.9 Å². The molecule has 2 aliphatic rings. The van der Waals surface area contributed by atoms with E-state index in [2.05, 4.69) is 10.6 Å². The first-order valence-corrected chi connectivity index (χ1v) is 5.91. The lowest BCUT2D eigenvalue weighted by Gasteiger charge is -2.28. The Hall–Kier alpha value is -1.84. The highest BCUT2D eigenvalue weighted by Crippen LogP contribution is 2.44. The largest absolute Gasteiger partial charge is 0.323 e. The van der Waals surface area contributed by atoms with Crippen molar-refractivity contribution in [3.8, 4) is 0 Å². The summed E-state index contributed by atoms with van der Waals surface area (Å²) >= 11 is 0. The van der Waals surface area contributed by atoms with Crippen LogP contribution in [0, 0.1) is 0 Å². The Morgan fingerprint density at radius 2 is 1.94 bits per heavy atom. The monoisotopic (exact) mass is 230 g/mol. The van der Waals surface area contributed by atoms with Crippen molar-refractivity contribution in [1.82, 2.24) is 10.6 Å². The van der Waals surface area contributed by atoms with Gasteiger partial charge in [0.2, 0.25) is 0 Å². The van der Waals surface area contributed by atoms with Gasteiger partial charge < -0.3 is 5.32 Å². The van der Waals surface area contributed by atoms with E-state index in [1.54, 1.807) is 0 Å². The van der Waals surface area contributed by atoms with Gasteiger partial charge in [0.15, 0.2) is 0 Å². The van der Waals surface area contributed by atoms with Gasteiger partial charge in [-0.1, -0.05) is 30.3 Å². The molecule has 17 heavy (non-hydrogen) atoms. The molecule has 4 nitrogen and oxygen atoms in total. The predicted octanol–water partition coefficient (Wildman–Crippen LogP) is 1.53. The Kier molecular flexibility index (Phi) is 2.18. The molecule has 1 aliphatic heterocycles. The van der Waals surface area contributed by atoms with Crippen molar-refractivity contribution in [3.63, 3.8) is 0 Å². The number of carbonyl (C=O) groups is 2. The average molecular weight is 230 g/mol. The lowest BCUT2D eigenvalue weighted by Crippen LogP contribution is -2.48. The average Bonchev–Trinajstić information content (AvgIpc) is 2.86. The van der Waals surface area contributed by atoms with Crippen molar-refractivity contribution < 1.29 is 9.59 Å². The molecule has 2 N–H and O–H groups in total. The molecular formula is C13H14N2O2. The van der Waals surface area contributed by atoms with Crippen LogP contribution in [0.5, 0.6) is 0 Å². The number of carbonyl (C=O) groups excluding carboxylic acids is 2. The molecule has 0 bridgehead atoms. The fraction of sp³-hybridized carbons (Fsp3) is 0.385. The Bertz CT molecular complexity index is 472. The summed E-state index contributed by atoms with van der Waals surface area (Å²) in [5.74, 6) is -0.0796. The van der Waals surface area contributed by atoms with Crippen molar-refractivity contribution >= 4 is 11.9 Å². The first kappa shape index (κ1) is 10.3. The van der Waals surface area contributed by atoms with Crippen molar-refractivity contribution in [2.45, 2.75) is 30.7 Å². The SMILES string of the molecule is O=C1NC(=O)C2(CCC[C@@H]2c2ccccc2)N1. The quantitative estimate of drug-likeness (QED) is 0.719. The van der Waals surface area contributed by atoms with E-state index in [0.717, 1.165) is 24.8 Å². The summed E-state index contributed by atoms with van der Waals surface area (Å²) in [4.78, 5) is 23.3. The van der Waals surface area contributed by atoms with Crippen LogP contribution in [-0.4, -0.2) is 17.5 Å². The molecule has 1 heterocycles. The topological polar surface area (TPSA) is 58.2 Å². The van der Waals surface area contributed by atoms with Gasteiger partial charge in [-0.3, -0.25) is 10.1 Å². The zero-order chi connectivity index (χ0) is 11.9. The summed E-state index contributed by atoms with van der Waals surface area (Å²) in [5, 5.41) is 5.19. The van der Waals surface area contributed by atoms with E-state index < -0.39 is 5.54 Å². The molecular weight excluding hydrogens is 216 g/mol. The highest BCUT2D eigenvalue weighted by Gasteiger charge is 2.54. The van der Waals surface area contributed by atoms with Crippen LogP contribution in [0.3, 0.4) is 0 Å². The number of benzene rings is 1. The van der Waals surface area contributed by atoms with Crippen LogP contribution < -0.4 is 10.6 Å². The molecule has 1 saturated heterocycles. The van der Waals surface area contributed by atoms with E-state index in [1.807, 2.05) is 30.3 Å². The molecule has 0 radical (unpaired) electrons. The van der Waals surface area contributed by atoms with Crippen molar-refractivity contribution in [2.75, 3.05) is 0 Å². The van der Waals surface area contributed by atoms with Crippen LogP contribution in [0.4, 0.5) is 4.79 Å². The number of urea groups is 1. The van der Waals surface area contributed by atoms with Gasteiger partial charge in [-0.05, 0) is 24.8 Å². The molecule has 1 aromatic carbocycles. The summed E-state index contributed by atoms with van der Waals surface area (Å²) in [7, 11) is 0. The van der Waals surface area contributed by atoms with Crippen LogP contribution in [0.2, 0.25) is 0 Å². The molecule has 1 aliphatic carbocycles. The van der Waals surface area contributed by atoms with Gasteiger partial charge in [0.05, 0.1) is 0 Å². The van der Waals surface area contributed by atoms with E-state index in [0.29, 0.717) is 0 Å². The Morgan fingerprint density at radius 3 is 2.59 bits per heavy atom. The maximum absolute atomic E-state index is 12.0. The lowest BCUT2D eigenvalue weighted by molar-refractivity contribution is -0.124. The second-order valence-electron chi connectivity index (χ2n) is 4.74. The molecule has 1 saturated carbocycles. The third kappa shape index (κ3) is 1.44. The second-order valence-corrected chi connectivity index (χ2v) is 4.74. The number of nitrogens with one attached hydrogen (secondary N) is 2. The van der Waals surface area contributed by atoms with Crippen LogP contribution in [0.1, 0.15) is 30.7 Å². The van der Waals surface area contributed by atoms with Crippen molar-refractivity contribution in [2.24, 2.45) is 0 Å². The van der Waals surface area contributed by atoms with Crippen LogP contribution in [0.25, 0.3) is 0 Å². The fourth-order valence-electron chi connectivity index (χ4n) is 3.07. The molecule has 2 fully saturated rings. The first-order valence-electron chi connectivity index (χ1n) is 5.91. The predicted molar refractivity (Wildman–Crippen MR) is 62.4 cm³/mol. The van der Waals surface area contributed by atoms with Gasteiger partial charge in [-0.25, -0.2) is 4.79 Å². The van der Waals surface area contributed by atoms with Crippen LogP contribution in [-0.2, 0) is 4.79 Å². The third-order valence-electron chi connectivity index (χ3n) is 3.83. The van der Waals surface area contributed by atoms with Gasteiger partial charge in [-0.2, -0.15) is 0 Å². The molecule has 2 atom stereocenters. The maximum Gasteiger partial charge on any atom is 0.322 e. The number of rotatable bonds is 1. The first-order chi connectivity index (χ1) is 8.22. The Labute approximate surface area is 99.4 Å². The second kappa shape index (κ2) is 3.58. The number of imide groups is 1. The van der Waals surface area contributed by atoms with E-state index >= 15 is 0 Å². The highest BCUT2D eigenvalue weighted by atomic mass is 16.2. The molecule has 3 amide bonds. The number of hydrogen-bond acceptors (Lipinski definition) is 2. The lowest BCUT2D eigenvalue weighted by atomic mass is 9.82. The van der Waals surface area contributed by atoms with E-state index in [4.69, 9.17) is 0 Å². The van der Waals surface area contributed by atoms with Gasteiger partial charge in [-0.15, -0.1) is 0 Å². The molecule has 3 rings (SSSR count). The fourth-order valence-corrected chi connectivity index (χ4v) is 3.07. The smallest absolute Gasteiger partial charge is 0.322 e. The minimum absolute atomic E-state index is 0.0927. The number of hydrogen-bond donors (Lipinski definition) is 2. The van der Waals surface area contributed by atoms with Crippen molar-refractivity contribution in [3.05, 3.63) is 35.9 Å². The van der Waals surface area contributed by atoms with Crippen LogP contribution >= 0.6 is 0 Å².